The fourth-order valence-electron chi connectivity index (χ4n) is 2.73. The van der Waals surface area contributed by atoms with Crippen LogP contribution in [0.5, 0.6) is 5.75 Å². The molecule has 2 aromatic carbocycles. The molecule has 0 saturated carbocycles. The van der Waals surface area contributed by atoms with Crippen molar-refractivity contribution in [3.8, 4) is 11.8 Å². The third-order valence-electron chi connectivity index (χ3n) is 3.79. The Kier molecular flexibility index (Phi) is 4.06. The SMILES string of the molecule is N#Cc1cccc(NC(=O)CC2CCOc3ccccc32)c1. The number of carbonyl (C=O) groups is 1. The molecule has 4 heteroatoms. The number of ether oxygens (including phenoxy) is 1. The van der Waals surface area contributed by atoms with Crippen LogP contribution in [0.15, 0.2) is 48.5 Å². The molecule has 1 aliphatic heterocycles. The third kappa shape index (κ3) is 3.09. The fourth-order valence-corrected chi connectivity index (χ4v) is 2.73. The van der Waals surface area contributed by atoms with Crippen molar-refractivity contribution in [1.29, 1.82) is 5.26 Å². The van der Waals surface area contributed by atoms with Crippen LogP contribution in [0.2, 0.25) is 0 Å². The third-order valence-corrected chi connectivity index (χ3v) is 3.79. The number of para-hydroxylation sites is 1. The van der Waals surface area contributed by atoms with Gasteiger partial charge in [0.15, 0.2) is 0 Å². The van der Waals surface area contributed by atoms with Crippen LogP contribution in [-0.2, 0) is 4.79 Å². The summed E-state index contributed by atoms with van der Waals surface area (Å²) in [5, 5.41) is 11.8. The summed E-state index contributed by atoms with van der Waals surface area (Å²) in [7, 11) is 0. The van der Waals surface area contributed by atoms with Gasteiger partial charge in [-0.15, -0.1) is 0 Å². The maximum absolute atomic E-state index is 12.3. The minimum absolute atomic E-state index is 0.0446. The minimum atomic E-state index is -0.0446. The van der Waals surface area contributed by atoms with Gasteiger partial charge in [-0.1, -0.05) is 24.3 Å². The summed E-state index contributed by atoms with van der Waals surface area (Å²) < 4.78 is 5.62. The molecule has 22 heavy (non-hydrogen) atoms. The zero-order valence-electron chi connectivity index (χ0n) is 12.1. The van der Waals surface area contributed by atoms with Crippen LogP contribution in [0.3, 0.4) is 0 Å². The van der Waals surface area contributed by atoms with E-state index in [9.17, 15) is 4.79 Å². The standard InChI is InChI=1S/C18H16N2O2/c19-12-13-4-3-5-15(10-13)20-18(21)11-14-8-9-22-17-7-2-1-6-16(14)17/h1-7,10,14H,8-9,11H2,(H,20,21). The number of hydrogen-bond donors (Lipinski definition) is 1. The van der Waals surface area contributed by atoms with Gasteiger partial charge in [0.05, 0.1) is 18.2 Å². The number of hydrogen-bond acceptors (Lipinski definition) is 3. The van der Waals surface area contributed by atoms with Gasteiger partial charge in [-0.3, -0.25) is 4.79 Å². The van der Waals surface area contributed by atoms with Crippen molar-refractivity contribution >= 4 is 11.6 Å². The lowest BCUT2D eigenvalue weighted by atomic mass is 9.90. The number of anilines is 1. The predicted octanol–water partition coefficient (Wildman–Crippen LogP) is 3.45. The van der Waals surface area contributed by atoms with E-state index in [2.05, 4.69) is 11.4 Å². The highest BCUT2D eigenvalue weighted by molar-refractivity contribution is 5.91. The Bertz CT molecular complexity index is 734. The van der Waals surface area contributed by atoms with Crippen LogP contribution in [0.4, 0.5) is 5.69 Å². The van der Waals surface area contributed by atoms with E-state index in [-0.39, 0.29) is 11.8 Å². The summed E-state index contributed by atoms with van der Waals surface area (Å²) in [6.07, 6.45) is 1.25. The first kappa shape index (κ1) is 14.2. The van der Waals surface area contributed by atoms with Gasteiger partial charge in [0.1, 0.15) is 5.75 Å². The monoisotopic (exact) mass is 292 g/mol. The lowest BCUT2D eigenvalue weighted by molar-refractivity contribution is -0.116. The second-order valence-electron chi connectivity index (χ2n) is 5.32. The summed E-state index contributed by atoms with van der Waals surface area (Å²) in [5.41, 5.74) is 2.29. The number of rotatable bonds is 3. The maximum Gasteiger partial charge on any atom is 0.224 e. The number of nitriles is 1. The average Bonchev–Trinajstić information content (AvgIpc) is 2.55. The van der Waals surface area contributed by atoms with Crippen LogP contribution < -0.4 is 10.1 Å². The quantitative estimate of drug-likeness (QED) is 0.942. The van der Waals surface area contributed by atoms with Gasteiger partial charge in [-0.05, 0) is 42.2 Å². The molecule has 1 amide bonds. The zero-order chi connectivity index (χ0) is 15.4. The van der Waals surface area contributed by atoms with Gasteiger partial charge < -0.3 is 10.1 Å². The molecule has 3 rings (SSSR count). The molecule has 0 aromatic heterocycles. The highest BCUT2D eigenvalue weighted by Gasteiger charge is 2.23. The van der Waals surface area contributed by atoms with Crippen LogP contribution in [-0.4, -0.2) is 12.5 Å². The Morgan fingerprint density at radius 3 is 3.00 bits per heavy atom. The number of amides is 1. The summed E-state index contributed by atoms with van der Waals surface area (Å²) in [6.45, 7) is 0.638. The summed E-state index contributed by atoms with van der Waals surface area (Å²) >= 11 is 0. The molecule has 0 saturated heterocycles. The Morgan fingerprint density at radius 2 is 2.14 bits per heavy atom. The molecule has 1 heterocycles. The van der Waals surface area contributed by atoms with Gasteiger partial charge in [0, 0.05) is 12.1 Å². The Morgan fingerprint density at radius 1 is 1.27 bits per heavy atom. The number of benzene rings is 2. The van der Waals surface area contributed by atoms with Crippen molar-refractivity contribution in [1.82, 2.24) is 0 Å². The zero-order valence-corrected chi connectivity index (χ0v) is 12.1. The number of nitrogens with zero attached hydrogens (tertiary/aromatic N) is 1. The van der Waals surface area contributed by atoms with E-state index in [0.29, 0.717) is 24.3 Å². The van der Waals surface area contributed by atoms with E-state index in [0.717, 1.165) is 17.7 Å². The van der Waals surface area contributed by atoms with Gasteiger partial charge in [0.25, 0.3) is 0 Å². The first-order valence-electron chi connectivity index (χ1n) is 7.28. The Hall–Kier alpha value is -2.80. The van der Waals surface area contributed by atoms with Crippen molar-refractivity contribution < 1.29 is 9.53 Å². The van der Waals surface area contributed by atoms with E-state index in [1.165, 1.54) is 0 Å². The summed E-state index contributed by atoms with van der Waals surface area (Å²) in [4.78, 5) is 12.3. The second-order valence-corrected chi connectivity index (χ2v) is 5.32. The number of nitrogens with one attached hydrogen (secondary N) is 1. The van der Waals surface area contributed by atoms with Crippen LogP contribution in [0.1, 0.15) is 29.9 Å². The molecule has 1 atom stereocenters. The van der Waals surface area contributed by atoms with Gasteiger partial charge in [-0.2, -0.15) is 5.26 Å². The highest BCUT2D eigenvalue weighted by Crippen LogP contribution is 2.35. The van der Waals surface area contributed by atoms with Crippen LogP contribution in [0.25, 0.3) is 0 Å². The molecular weight excluding hydrogens is 276 g/mol. The lowest BCUT2D eigenvalue weighted by Gasteiger charge is -2.25. The van der Waals surface area contributed by atoms with Gasteiger partial charge in [0.2, 0.25) is 5.91 Å². The molecule has 1 unspecified atom stereocenters. The van der Waals surface area contributed by atoms with E-state index >= 15 is 0 Å². The minimum Gasteiger partial charge on any atom is -0.493 e. The van der Waals surface area contributed by atoms with E-state index in [4.69, 9.17) is 10.00 Å². The fraction of sp³-hybridized carbons (Fsp3) is 0.222. The largest absolute Gasteiger partial charge is 0.493 e. The highest BCUT2D eigenvalue weighted by atomic mass is 16.5. The van der Waals surface area contributed by atoms with Gasteiger partial charge >= 0.3 is 0 Å². The molecular formula is C18H16N2O2. The van der Waals surface area contributed by atoms with Gasteiger partial charge in [-0.25, -0.2) is 0 Å². The molecule has 0 bridgehead atoms. The molecule has 110 valence electrons. The number of carbonyl (C=O) groups excluding carboxylic acids is 1. The Labute approximate surface area is 129 Å². The normalized spacial score (nSPS) is 16.0. The van der Waals surface area contributed by atoms with Crippen LogP contribution in [0, 0.1) is 11.3 Å². The lowest BCUT2D eigenvalue weighted by Crippen LogP contribution is -2.20. The molecule has 2 aromatic rings. The van der Waals surface area contributed by atoms with E-state index in [1.54, 1.807) is 24.3 Å². The molecule has 0 fully saturated rings. The average molecular weight is 292 g/mol. The molecule has 0 radical (unpaired) electrons. The van der Waals surface area contributed by atoms with Crippen molar-refractivity contribution in [2.75, 3.05) is 11.9 Å². The first-order valence-corrected chi connectivity index (χ1v) is 7.28. The Balaban J connectivity index is 1.69. The molecule has 4 nitrogen and oxygen atoms in total. The molecule has 1 N–H and O–H groups in total. The van der Waals surface area contributed by atoms with Crippen molar-refractivity contribution in [2.24, 2.45) is 0 Å². The molecule has 1 aliphatic rings. The van der Waals surface area contributed by atoms with Crippen molar-refractivity contribution in [3.63, 3.8) is 0 Å². The predicted molar refractivity (Wildman–Crippen MR) is 83.7 cm³/mol. The molecule has 0 spiro atoms. The topological polar surface area (TPSA) is 62.1 Å². The maximum atomic E-state index is 12.3. The first-order chi connectivity index (χ1) is 10.8. The number of fused-ring (bicyclic) bond motifs is 1. The summed E-state index contributed by atoms with van der Waals surface area (Å²) in [5.74, 6) is 0.999. The molecule has 0 aliphatic carbocycles. The van der Waals surface area contributed by atoms with E-state index in [1.807, 2.05) is 24.3 Å². The van der Waals surface area contributed by atoms with E-state index < -0.39 is 0 Å². The van der Waals surface area contributed by atoms with Crippen molar-refractivity contribution in [3.05, 3.63) is 59.7 Å². The van der Waals surface area contributed by atoms with Crippen molar-refractivity contribution in [2.45, 2.75) is 18.8 Å². The van der Waals surface area contributed by atoms with Crippen LogP contribution >= 0.6 is 0 Å². The summed E-state index contributed by atoms with van der Waals surface area (Å²) in [6, 6.07) is 16.9. The smallest absolute Gasteiger partial charge is 0.224 e. The second kappa shape index (κ2) is 6.31.